The molecule has 1 nitrogen and oxygen atoms in total. The number of hydrogen-bond acceptors (Lipinski definition) is 1. The fourth-order valence-corrected chi connectivity index (χ4v) is 1.49. The van der Waals surface area contributed by atoms with Gasteiger partial charge in [0.05, 0.1) is 0 Å². The summed E-state index contributed by atoms with van der Waals surface area (Å²) < 4.78 is 0. The monoisotopic (exact) mass is 193 g/mol. The van der Waals surface area contributed by atoms with E-state index in [4.69, 9.17) is 0 Å². The highest BCUT2D eigenvalue weighted by atomic mass is 15.1. The van der Waals surface area contributed by atoms with Crippen LogP contribution in [0.1, 0.15) is 27.7 Å². The zero-order chi connectivity index (χ0) is 11.0. The average Bonchev–Trinajstić information content (AvgIpc) is 2.59. The van der Waals surface area contributed by atoms with E-state index in [1.54, 1.807) is 0 Å². The maximum absolute atomic E-state index is 2.32. The fourth-order valence-electron chi connectivity index (χ4n) is 1.49. The number of allylic oxidation sites excluding steroid dienone is 4. The van der Waals surface area contributed by atoms with Gasteiger partial charge >= 0.3 is 0 Å². The molecule has 0 radical (unpaired) electrons. The number of nitrogens with zero attached hydrogens (tertiary/aromatic N) is 1. The molecule has 14 heavy (non-hydrogen) atoms. The maximum Gasteiger partial charge on any atom is 0.0237 e. The molecule has 0 N–H and O–H groups in total. The van der Waals surface area contributed by atoms with Crippen LogP contribution in [0.3, 0.4) is 0 Å². The summed E-state index contributed by atoms with van der Waals surface area (Å²) >= 11 is 0. The van der Waals surface area contributed by atoms with Crippen LogP contribution < -0.4 is 0 Å². The van der Waals surface area contributed by atoms with Crippen molar-refractivity contribution in [3.8, 4) is 0 Å². The van der Waals surface area contributed by atoms with Crippen LogP contribution in [-0.4, -0.2) is 25.0 Å². The highest BCUT2D eigenvalue weighted by Crippen LogP contribution is 2.19. The van der Waals surface area contributed by atoms with Crippen molar-refractivity contribution in [1.82, 2.24) is 4.90 Å². The number of rotatable bonds is 1. The molecule has 80 valence electrons. The van der Waals surface area contributed by atoms with Gasteiger partial charge < -0.3 is 0 Å². The Kier molecular flexibility index (Phi) is 7.13. The molecule has 1 heterocycles. The first-order chi connectivity index (χ1) is 6.77. The summed E-state index contributed by atoms with van der Waals surface area (Å²) in [7, 11) is 2.15. The molecule has 0 unspecified atom stereocenters. The maximum atomic E-state index is 2.32. The molecular formula is C13H23N. The fraction of sp³-hybridized carbons (Fsp3) is 0.538. The summed E-state index contributed by atoms with van der Waals surface area (Å²) in [6.07, 6.45) is 8.59. The van der Waals surface area contributed by atoms with Gasteiger partial charge in [-0.3, -0.25) is 4.90 Å². The van der Waals surface area contributed by atoms with Gasteiger partial charge in [-0.1, -0.05) is 38.2 Å². The lowest BCUT2D eigenvalue weighted by Gasteiger charge is -2.01. The van der Waals surface area contributed by atoms with Crippen LogP contribution in [0.4, 0.5) is 0 Å². The molecule has 1 rings (SSSR count). The lowest BCUT2D eigenvalue weighted by Crippen LogP contribution is -2.11. The first-order valence-electron chi connectivity index (χ1n) is 5.44. The molecular weight excluding hydrogens is 170 g/mol. The second kappa shape index (κ2) is 7.57. The van der Waals surface area contributed by atoms with Crippen LogP contribution >= 0.6 is 0 Å². The van der Waals surface area contributed by atoms with Crippen LogP contribution in [0.5, 0.6) is 0 Å². The molecule has 0 atom stereocenters. The number of likely N-dealkylation sites (N-methyl/N-ethyl adjacent to an activating group) is 1. The van der Waals surface area contributed by atoms with E-state index in [1.165, 1.54) is 11.1 Å². The van der Waals surface area contributed by atoms with E-state index in [0.29, 0.717) is 0 Å². The second-order valence-electron chi connectivity index (χ2n) is 3.20. The third kappa shape index (κ3) is 3.93. The van der Waals surface area contributed by atoms with Crippen molar-refractivity contribution in [3.63, 3.8) is 0 Å². The molecule has 0 aromatic carbocycles. The van der Waals surface area contributed by atoms with Crippen LogP contribution in [0.2, 0.25) is 0 Å². The zero-order valence-electron chi connectivity index (χ0n) is 10.2. The SMILES string of the molecule is CC.C\C=C/C=C1/CN(C)C/C1=C/C. The van der Waals surface area contributed by atoms with Gasteiger partial charge in [0.2, 0.25) is 0 Å². The smallest absolute Gasteiger partial charge is 0.0237 e. The van der Waals surface area contributed by atoms with Crippen molar-refractivity contribution < 1.29 is 0 Å². The molecule has 1 heteroatoms. The summed E-state index contributed by atoms with van der Waals surface area (Å²) in [6.45, 7) is 10.3. The highest BCUT2D eigenvalue weighted by molar-refractivity contribution is 5.39. The summed E-state index contributed by atoms with van der Waals surface area (Å²) in [4.78, 5) is 2.32. The van der Waals surface area contributed by atoms with E-state index in [-0.39, 0.29) is 0 Å². The van der Waals surface area contributed by atoms with E-state index in [9.17, 15) is 0 Å². The highest BCUT2D eigenvalue weighted by Gasteiger charge is 2.16. The molecule has 0 aliphatic carbocycles. The first kappa shape index (κ1) is 13.2. The average molecular weight is 193 g/mol. The molecule has 0 spiro atoms. The Morgan fingerprint density at radius 3 is 2.14 bits per heavy atom. The van der Waals surface area contributed by atoms with Crippen LogP contribution in [0.15, 0.2) is 35.5 Å². The Morgan fingerprint density at radius 1 is 1.07 bits per heavy atom. The van der Waals surface area contributed by atoms with E-state index < -0.39 is 0 Å². The van der Waals surface area contributed by atoms with E-state index >= 15 is 0 Å². The Balaban J connectivity index is 0.000000791. The Hall–Kier alpha value is -0.820. The molecule has 0 bridgehead atoms. The topological polar surface area (TPSA) is 3.24 Å². The minimum absolute atomic E-state index is 1.09. The summed E-state index contributed by atoms with van der Waals surface area (Å²) in [5.74, 6) is 0. The largest absolute Gasteiger partial charge is 0.298 e. The van der Waals surface area contributed by atoms with Crippen molar-refractivity contribution in [2.45, 2.75) is 27.7 Å². The summed E-state index contributed by atoms with van der Waals surface area (Å²) in [5.41, 5.74) is 2.92. The number of hydrogen-bond donors (Lipinski definition) is 0. The van der Waals surface area contributed by atoms with E-state index in [2.05, 4.69) is 43.2 Å². The van der Waals surface area contributed by atoms with Gasteiger partial charge in [0.1, 0.15) is 0 Å². The van der Waals surface area contributed by atoms with Gasteiger partial charge in [-0.25, -0.2) is 0 Å². The van der Waals surface area contributed by atoms with Gasteiger partial charge in [0, 0.05) is 13.1 Å². The normalized spacial score (nSPS) is 23.2. The minimum Gasteiger partial charge on any atom is -0.298 e. The van der Waals surface area contributed by atoms with Crippen molar-refractivity contribution in [2.75, 3.05) is 20.1 Å². The van der Waals surface area contributed by atoms with Crippen LogP contribution in [0, 0.1) is 0 Å². The quantitative estimate of drug-likeness (QED) is 0.617. The molecule has 1 aliphatic rings. The summed E-state index contributed by atoms with van der Waals surface area (Å²) in [6, 6.07) is 0. The molecule has 1 fully saturated rings. The molecule has 1 saturated heterocycles. The van der Waals surface area contributed by atoms with E-state index in [1.807, 2.05) is 20.8 Å². The van der Waals surface area contributed by atoms with Crippen molar-refractivity contribution in [2.24, 2.45) is 0 Å². The summed E-state index contributed by atoms with van der Waals surface area (Å²) in [5, 5.41) is 0. The molecule has 1 aliphatic heterocycles. The zero-order valence-corrected chi connectivity index (χ0v) is 10.2. The van der Waals surface area contributed by atoms with Gasteiger partial charge in [0.25, 0.3) is 0 Å². The lowest BCUT2D eigenvalue weighted by atomic mass is 10.1. The van der Waals surface area contributed by atoms with Crippen molar-refractivity contribution >= 4 is 0 Å². The molecule has 0 saturated carbocycles. The van der Waals surface area contributed by atoms with Gasteiger partial charge in [0.15, 0.2) is 0 Å². The van der Waals surface area contributed by atoms with Crippen LogP contribution in [0.25, 0.3) is 0 Å². The predicted octanol–water partition coefficient (Wildman–Crippen LogP) is 3.41. The third-order valence-corrected chi connectivity index (χ3v) is 2.13. The van der Waals surface area contributed by atoms with Crippen molar-refractivity contribution in [3.05, 3.63) is 35.5 Å². The van der Waals surface area contributed by atoms with Crippen LogP contribution in [-0.2, 0) is 0 Å². The van der Waals surface area contributed by atoms with Gasteiger partial charge in [-0.05, 0) is 32.0 Å². The molecule has 0 amide bonds. The molecule has 0 aromatic rings. The van der Waals surface area contributed by atoms with Crippen molar-refractivity contribution in [1.29, 1.82) is 0 Å². The van der Waals surface area contributed by atoms with Gasteiger partial charge in [-0.15, -0.1) is 0 Å². The minimum atomic E-state index is 1.09. The molecule has 0 aromatic heterocycles. The van der Waals surface area contributed by atoms with E-state index in [0.717, 1.165) is 13.1 Å². The Labute approximate surface area is 88.8 Å². The Morgan fingerprint density at radius 2 is 1.64 bits per heavy atom. The Bertz CT molecular complexity index is 234. The standard InChI is InChI=1S/C11H17N.C2H6/c1-4-6-7-11-9-12(3)8-10(11)5-2;1-2/h4-7H,8-9H2,1-3H3;1-2H3/b6-4-,10-5-,11-7-;. The predicted molar refractivity (Wildman–Crippen MR) is 65.5 cm³/mol. The lowest BCUT2D eigenvalue weighted by molar-refractivity contribution is 0.437. The first-order valence-corrected chi connectivity index (χ1v) is 5.44. The van der Waals surface area contributed by atoms with Gasteiger partial charge in [-0.2, -0.15) is 0 Å². The third-order valence-electron chi connectivity index (χ3n) is 2.13. The number of likely N-dealkylation sites (tertiary alicyclic amines) is 1. The second-order valence-corrected chi connectivity index (χ2v) is 3.20.